The Labute approximate surface area is 179 Å². The van der Waals surface area contributed by atoms with Gasteiger partial charge in [-0.25, -0.2) is 0 Å². The van der Waals surface area contributed by atoms with E-state index in [1.165, 1.54) is 0 Å². The van der Waals surface area contributed by atoms with Crippen molar-refractivity contribution >= 4 is 5.91 Å². The second kappa shape index (κ2) is 8.29. The topological polar surface area (TPSA) is 83.1 Å². The largest absolute Gasteiger partial charge is 0.472 e. The van der Waals surface area contributed by atoms with Crippen molar-refractivity contribution < 1.29 is 24.2 Å². The van der Waals surface area contributed by atoms with Crippen molar-refractivity contribution in [1.29, 1.82) is 0 Å². The lowest BCUT2D eigenvalue weighted by Gasteiger charge is -2.62. The van der Waals surface area contributed by atoms with Crippen molar-refractivity contribution in [3.8, 4) is 0 Å². The number of aliphatic hydroxyl groups is 2. The van der Waals surface area contributed by atoms with Gasteiger partial charge in [-0.2, -0.15) is 0 Å². The molecule has 3 aliphatic rings. The maximum absolute atomic E-state index is 13.7. The molecule has 30 heavy (non-hydrogen) atoms. The van der Waals surface area contributed by atoms with E-state index < -0.39 is 11.0 Å². The molecule has 2 heterocycles. The lowest BCUT2D eigenvalue weighted by Crippen LogP contribution is -2.63. The molecule has 4 rings (SSSR count). The predicted octanol–water partition coefficient (Wildman–Crippen LogP) is 3.02. The third kappa shape index (κ3) is 3.61. The van der Waals surface area contributed by atoms with Crippen LogP contribution in [0.3, 0.4) is 0 Å². The van der Waals surface area contributed by atoms with E-state index in [0.717, 1.165) is 44.1 Å². The SMILES string of the molecule is C[C@@]12CCC[C@](C)(C(=O)N3CCOCC3)[C@H]1CCC(O)(CO)[C@H]2CCc1ccoc1. The molecule has 5 atom stereocenters. The van der Waals surface area contributed by atoms with E-state index >= 15 is 0 Å². The van der Waals surface area contributed by atoms with Crippen LogP contribution in [0.4, 0.5) is 0 Å². The maximum Gasteiger partial charge on any atom is 0.228 e. The molecular formula is C24H37NO5. The highest BCUT2D eigenvalue weighted by molar-refractivity contribution is 5.83. The summed E-state index contributed by atoms with van der Waals surface area (Å²) in [4.78, 5) is 15.7. The van der Waals surface area contributed by atoms with E-state index in [9.17, 15) is 15.0 Å². The van der Waals surface area contributed by atoms with E-state index in [4.69, 9.17) is 9.15 Å². The number of furan rings is 1. The van der Waals surface area contributed by atoms with Gasteiger partial charge in [-0.3, -0.25) is 4.79 Å². The first-order valence-electron chi connectivity index (χ1n) is 11.5. The normalized spacial score (nSPS) is 39.5. The molecule has 168 valence electrons. The Morgan fingerprint density at radius 1 is 1.23 bits per heavy atom. The minimum atomic E-state index is -1.09. The van der Waals surface area contributed by atoms with Crippen LogP contribution in [-0.2, 0) is 16.0 Å². The number of amides is 1. The Morgan fingerprint density at radius 3 is 2.67 bits per heavy atom. The Kier molecular flexibility index (Phi) is 6.03. The number of morpholine rings is 1. The number of hydrogen-bond donors (Lipinski definition) is 2. The van der Waals surface area contributed by atoms with Crippen molar-refractivity contribution in [2.45, 2.75) is 64.4 Å². The van der Waals surface area contributed by atoms with Crippen LogP contribution in [-0.4, -0.2) is 59.5 Å². The second-order valence-electron chi connectivity index (χ2n) is 10.3. The van der Waals surface area contributed by atoms with Crippen LogP contribution < -0.4 is 0 Å². The van der Waals surface area contributed by atoms with Gasteiger partial charge in [0.1, 0.15) is 0 Å². The summed E-state index contributed by atoms with van der Waals surface area (Å²) in [5, 5.41) is 21.6. The highest BCUT2D eigenvalue weighted by atomic mass is 16.5. The number of carbonyl (C=O) groups excluding carboxylic acids is 1. The highest BCUT2D eigenvalue weighted by Gasteiger charge is 2.62. The average molecular weight is 420 g/mol. The van der Waals surface area contributed by atoms with Gasteiger partial charge in [0.2, 0.25) is 5.91 Å². The quantitative estimate of drug-likeness (QED) is 0.767. The minimum Gasteiger partial charge on any atom is -0.472 e. The maximum atomic E-state index is 13.7. The molecule has 1 aromatic heterocycles. The monoisotopic (exact) mass is 419 g/mol. The second-order valence-corrected chi connectivity index (χ2v) is 10.3. The van der Waals surface area contributed by atoms with Gasteiger partial charge < -0.3 is 24.3 Å². The minimum absolute atomic E-state index is 0.0548. The number of carbonyl (C=O) groups is 1. The van der Waals surface area contributed by atoms with E-state index in [1.54, 1.807) is 12.5 Å². The zero-order valence-corrected chi connectivity index (χ0v) is 18.4. The van der Waals surface area contributed by atoms with Crippen LogP contribution in [0.15, 0.2) is 23.0 Å². The summed E-state index contributed by atoms with van der Waals surface area (Å²) < 4.78 is 10.7. The summed E-state index contributed by atoms with van der Waals surface area (Å²) in [6.07, 6.45) is 9.21. The summed E-state index contributed by atoms with van der Waals surface area (Å²) in [6.45, 7) is 6.76. The van der Waals surface area contributed by atoms with Crippen LogP contribution in [0.1, 0.15) is 57.9 Å². The molecule has 1 aromatic rings. The molecule has 1 aliphatic heterocycles. The standard InChI is InChI=1S/C24H37NO5/c1-22-8-3-9-23(2,21(27)25-11-14-29-15-12-25)19(22)6-10-24(28,17-26)20(22)5-4-18-7-13-30-16-18/h7,13,16,19-20,26,28H,3-6,8-12,14-15,17H2,1-2H3/t19-,20-,22+,23-,24?/m0/s1. The van der Waals surface area contributed by atoms with Crippen molar-refractivity contribution in [3.05, 3.63) is 24.2 Å². The van der Waals surface area contributed by atoms with Crippen molar-refractivity contribution in [1.82, 2.24) is 4.90 Å². The molecule has 2 saturated carbocycles. The zero-order chi connectivity index (χ0) is 21.4. The molecular weight excluding hydrogens is 382 g/mol. The van der Waals surface area contributed by atoms with Gasteiger partial charge in [-0.1, -0.05) is 20.3 Å². The molecule has 1 amide bonds. The van der Waals surface area contributed by atoms with Gasteiger partial charge in [0.15, 0.2) is 0 Å². The molecule has 3 fully saturated rings. The van der Waals surface area contributed by atoms with E-state index in [2.05, 4.69) is 13.8 Å². The fraction of sp³-hybridized carbons (Fsp3) is 0.792. The number of rotatable bonds is 5. The van der Waals surface area contributed by atoms with E-state index in [1.807, 2.05) is 11.0 Å². The fourth-order valence-corrected chi connectivity index (χ4v) is 7.08. The van der Waals surface area contributed by atoms with Gasteiger partial charge in [0.05, 0.1) is 37.9 Å². The summed E-state index contributed by atoms with van der Waals surface area (Å²) >= 11 is 0. The molecule has 0 radical (unpaired) electrons. The van der Waals surface area contributed by atoms with Crippen molar-refractivity contribution in [2.75, 3.05) is 32.9 Å². The van der Waals surface area contributed by atoms with Gasteiger partial charge in [0.25, 0.3) is 0 Å². The van der Waals surface area contributed by atoms with Gasteiger partial charge in [0, 0.05) is 18.5 Å². The Balaban J connectivity index is 1.62. The number of aliphatic hydroxyl groups excluding tert-OH is 1. The summed E-state index contributed by atoms with van der Waals surface area (Å²) in [5.74, 6) is 0.404. The zero-order valence-electron chi connectivity index (χ0n) is 18.4. The number of ether oxygens (including phenoxy) is 1. The van der Waals surface area contributed by atoms with Crippen LogP contribution in [0.2, 0.25) is 0 Å². The fourth-order valence-electron chi connectivity index (χ4n) is 7.08. The van der Waals surface area contributed by atoms with Crippen LogP contribution in [0, 0.1) is 22.7 Å². The molecule has 2 N–H and O–H groups in total. The Morgan fingerprint density at radius 2 is 2.00 bits per heavy atom. The van der Waals surface area contributed by atoms with Crippen LogP contribution in [0.25, 0.3) is 0 Å². The summed E-state index contributed by atoms with van der Waals surface area (Å²) in [5.41, 5.74) is -0.581. The van der Waals surface area contributed by atoms with Crippen molar-refractivity contribution in [2.24, 2.45) is 22.7 Å². The Hall–Kier alpha value is -1.37. The number of nitrogens with zero attached hydrogens (tertiary/aromatic N) is 1. The smallest absolute Gasteiger partial charge is 0.228 e. The van der Waals surface area contributed by atoms with Crippen LogP contribution >= 0.6 is 0 Å². The van der Waals surface area contributed by atoms with Crippen LogP contribution in [0.5, 0.6) is 0 Å². The Bertz CT molecular complexity index is 730. The van der Waals surface area contributed by atoms with Crippen molar-refractivity contribution in [3.63, 3.8) is 0 Å². The van der Waals surface area contributed by atoms with E-state index in [0.29, 0.717) is 32.7 Å². The highest BCUT2D eigenvalue weighted by Crippen LogP contribution is 2.63. The number of fused-ring (bicyclic) bond motifs is 1. The average Bonchev–Trinajstić information content (AvgIpc) is 3.26. The number of aryl methyl sites for hydroxylation is 1. The first kappa shape index (κ1) is 21.8. The van der Waals surface area contributed by atoms with Gasteiger partial charge in [-0.05, 0) is 67.4 Å². The summed E-state index contributed by atoms with van der Waals surface area (Å²) in [6, 6.07) is 1.97. The summed E-state index contributed by atoms with van der Waals surface area (Å²) in [7, 11) is 0. The predicted molar refractivity (Wildman–Crippen MR) is 113 cm³/mol. The lowest BCUT2D eigenvalue weighted by molar-refractivity contribution is -0.201. The van der Waals surface area contributed by atoms with Gasteiger partial charge >= 0.3 is 0 Å². The molecule has 1 saturated heterocycles. The molecule has 6 heteroatoms. The number of hydrogen-bond acceptors (Lipinski definition) is 5. The third-order valence-electron chi connectivity index (χ3n) is 8.65. The first-order chi connectivity index (χ1) is 14.3. The van der Waals surface area contributed by atoms with Gasteiger partial charge in [-0.15, -0.1) is 0 Å². The third-order valence-corrected chi connectivity index (χ3v) is 8.65. The molecule has 0 spiro atoms. The molecule has 0 bridgehead atoms. The molecule has 6 nitrogen and oxygen atoms in total. The molecule has 2 aliphatic carbocycles. The first-order valence-corrected chi connectivity index (χ1v) is 11.5. The molecule has 0 aromatic carbocycles. The molecule has 1 unspecified atom stereocenters. The van der Waals surface area contributed by atoms with E-state index in [-0.39, 0.29) is 29.8 Å². The lowest BCUT2D eigenvalue weighted by atomic mass is 9.44.